The minimum absolute atomic E-state index is 0.238. The normalized spacial score (nSPS) is 13.9. The van der Waals surface area contributed by atoms with Gasteiger partial charge in [0.15, 0.2) is 0 Å². The summed E-state index contributed by atoms with van der Waals surface area (Å²) < 4.78 is 9.70. The molecule has 1 aromatic carbocycles. The van der Waals surface area contributed by atoms with E-state index >= 15 is 0 Å². The molecule has 22 heavy (non-hydrogen) atoms. The molecule has 2 N–H and O–H groups in total. The van der Waals surface area contributed by atoms with E-state index in [9.17, 15) is 14.4 Å². The Balaban J connectivity index is 1.87. The number of rotatable bonds is 4. The lowest BCUT2D eigenvalue weighted by Crippen LogP contribution is -2.36. The average molecular weight is 300 g/mol. The predicted molar refractivity (Wildman–Crippen MR) is 75.8 cm³/mol. The minimum atomic E-state index is -0.888. The Morgan fingerprint density at radius 2 is 1.68 bits per heavy atom. The third-order valence-corrected chi connectivity index (χ3v) is 2.39. The molecule has 0 saturated heterocycles. The molecule has 1 amide bonds. The van der Waals surface area contributed by atoms with Gasteiger partial charge in [0.05, 0.1) is 6.20 Å². The molecule has 0 bridgehead atoms. The number of nitrogens with one attached hydrogen (secondary N) is 2. The van der Waals surface area contributed by atoms with Crippen LogP contribution in [-0.2, 0) is 19.1 Å². The highest BCUT2D eigenvalue weighted by Gasteiger charge is 2.18. The molecule has 7 heteroatoms. The summed E-state index contributed by atoms with van der Waals surface area (Å²) in [5.41, 5.74) is 0. The summed E-state index contributed by atoms with van der Waals surface area (Å²) in [5, 5.41) is 4.91. The van der Waals surface area contributed by atoms with Crippen LogP contribution in [0.2, 0.25) is 0 Å². The van der Waals surface area contributed by atoms with Crippen LogP contribution in [-0.4, -0.2) is 17.8 Å². The summed E-state index contributed by atoms with van der Waals surface area (Å²) in [6, 6.07) is 8.38. The molecule has 1 aromatic rings. The quantitative estimate of drug-likeness (QED) is 0.483. The van der Waals surface area contributed by atoms with Gasteiger partial charge in [0.2, 0.25) is 5.76 Å². The van der Waals surface area contributed by atoms with Crippen LogP contribution < -0.4 is 15.4 Å². The van der Waals surface area contributed by atoms with E-state index < -0.39 is 17.8 Å². The lowest BCUT2D eigenvalue weighted by atomic mass is 10.3. The Hall–Kier alpha value is -3.35. The fourth-order valence-corrected chi connectivity index (χ4v) is 1.45. The minimum Gasteiger partial charge on any atom is -0.423 e. The molecule has 1 aliphatic heterocycles. The monoisotopic (exact) mass is 300 g/mol. The molecule has 112 valence electrons. The first-order chi connectivity index (χ1) is 10.5. The number of para-hydroxylation sites is 1. The second-order valence-corrected chi connectivity index (χ2v) is 4.07. The highest BCUT2D eigenvalue weighted by Crippen LogP contribution is 2.08. The molecular formula is C15H12N2O5. The molecule has 1 heterocycles. The summed E-state index contributed by atoms with van der Waals surface area (Å²) in [4.78, 5) is 34.4. The number of carbonyl (C=O) groups excluding carboxylic acids is 3. The second-order valence-electron chi connectivity index (χ2n) is 4.07. The van der Waals surface area contributed by atoms with Crippen LogP contribution in [0.5, 0.6) is 5.75 Å². The standard InChI is InChI=1S/C15H12N2O5/c1-10-16-9-12(15(20)17-10)22-14(19)8-7-13(18)21-11-5-3-2-4-6-11/h2-9,16H,1H2,(H,17,20)/b8-7+. The Morgan fingerprint density at radius 1 is 1.05 bits per heavy atom. The summed E-state index contributed by atoms with van der Waals surface area (Å²) in [6.45, 7) is 3.47. The van der Waals surface area contributed by atoms with Gasteiger partial charge < -0.3 is 20.1 Å². The lowest BCUT2D eigenvalue weighted by molar-refractivity contribution is -0.138. The zero-order valence-corrected chi connectivity index (χ0v) is 11.4. The van der Waals surface area contributed by atoms with Crippen molar-refractivity contribution in [1.29, 1.82) is 0 Å². The third-order valence-electron chi connectivity index (χ3n) is 2.39. The third kappa shape index (κ3) is 4.34. The van der Waals surface area contributed by atoms with Gasteiger partial charge >= 0.3 is 11.9 Å². The molecule has 0 unspecified atom stereocenters. The van der Waals surface area contributed by atoms with Gasteiger partial charge in [0.25, 0.3) is 5.91 Å². The molecule has 1 aliphatic rings. The van der Waals surface area contributed by atoms with Crippen LogP contribution in [0.4, 0.5) is 0 Å². The molecule has 0 atom stereocenters. The molecule has 0 radical (unpaired) electrons. The predicted octanol–water partition coefficient (Wildman–Crippen LogP) is 0.723. The first kappa shape index (κ1) is 15.0. The van der Waals surface area contributed by atoms with E-state index in [1.54, 1.807) is 30.3 Å². The van der Waals surface area contributed by atoms with Crippen molar-refractivity contribution < 1.29 is 23.9 Å². The number of carbonyl (C=O) groups is 3. The summed E-state index contributed by atoms with van der Waals surface area (Å²) >= 11 is 0. The van der Waals surface area contributed by atoms with Crippen molar-refractivity contribution >= 4 is 17.8 Å². The van der Waals surface area contributed by atoms with Crippen molar-refractivity contribution in [1.82, 2.24) is 10.6 Å². The Labute approximate surface area is 125 Å². The van der Waals surface area contributed by atoms with Gasteiger partial charge in [-0.25, -0.2) is 9.59 Å². The number of amides is 1. The van der Waals surface area contributed by atoms with Crippen LogP contribution in [0.1, 0.15) is 0 Å². The van der Waals surface area contributed by atoms with Crippen LogP contribution in [0.15, 0.2) is 66.8 Å². The van der Waals surface area contributed by atoms with Crippen molar-refractivity contribution in [3.63, 3.8) is 0 Å². The number of hydrogen-bond donors (Lipinski definition) is 2. The van der Waals surface area contributed by atoms with Gasteiger partial charge in [-0.15, -0.1) is 0 Å². The van der Waals surface area contributed by atoms with Gasteiger partial charge in [-0.3, -0.25) is 4.79 Å². The summed E-state index contributed by atoms with van der Waals surface area (Å²) in [7, 11) is 0. The van der Waals surface area contributed by atoms with Gasteiger partial charge in [0.1, 0.15) is 11.6 Å². The topological polar surface area (TPSA) is 93.7 Å². The fraction of sp³-hybridized carbons (Fsp3) is 0. The molecule has 2 rings (SSSR count). The lowest BCUT2D eigenvalue weighted by Gasteiger charge is -2.15. The first-order valence-electron chi connectivity index (χ1n) is 6.18. The van der Waals surface area contributed by atoms with Gasteiger partial charge in [-0.05, 0) is 12.1 Å². The summed E-state index contributed by atoms with van der Waals surface area (Å²) in [6.07, 6.45) is 2.96. The van der Waals surface area contributed by atoms with Crippen molar-refractivity contribution in [2.75, 3.05) is 0 Å². The second kappa shape index (κ2) is 6.89. The van der Waals surface area contributed by atoms with Gasteiger partial charge in [0, 0.05) is 12.2 Å². The van der Waals surface area contributed by atoms with Crippen molar-refractivity contribution in [3.8, 4) is 5.75 Å². The molecule has 0 saturated carbocycles. The van der Waals surface area contributed by atoms with Crippen molar-refractivity contribution in [2.24, 2.45) is 0 Å². The largest absolute Gasteiger partial charge is 0.423 e. The molecule has 0 fully saturated rings. The Bertz CT molecular complexity index is 676. The van der Waals surface area contributed by atoms with E-state index in [4.69, 9.17) is 9.47 Å². The Kier molecular flexibility index (Phi) is 4.71. The van der Waals surface area contributed by atoms with Crippen molar-refractivity contribution in [2.45, 2.75) is 0 Å². The van der Waals surface area contributed by atoms with Gasteiger partial charge in [-0.1, -0.05) is 24.8 Å². The van der Waals surface area contributed by atoms with E-state index in [1.165, 1.54) is 6.20 Å². The van der Waals surface area contributed by atoms with Crippen LogP contribution in [0.25, 0.3) is 0 Å². The highest BCUT2D eigenvalue weighted by atomic mass is 16.5. The Morgan fingerprint density at radius 3 is 2.32 bits per heavy atom. The molecular weight excluding hydrogens is 288 g/mol. The maximum atomic E-state index is 11.5. The van der Waals surface area contributed by atoms with E-state index in [2.05, 4.69) is 17.2 Å². The molecule has 0 spiro atoms. The number of benzene rings is 1. The SMILES string of the molecule is C=C1NC=C(OC(=O)/C=C/C(=O)Oc2ccccc2)C(=O)N1. The van der Waals surface area contributed by atoms with Crippen LogP contribution in [0.3, 0.4) is 0 Å². The highest BCUT2D eigenvalue weighted by molar-refractivity contribution is 5.98. The molecule has 0 aromatic heterocycles. The summed E-state index contributed by atoms with van der Waals surface area (Å²) in [5.74, 6) is -1.86. The maximum absolute atomic E-state index is 11.5. The number of esters is 2. The van der Waals surface area contributed by atoms with Gasteiger partial charge in [-0.2, -0.15) is 0 Å². The maximum Gasteiger partial charge on any atom is 0.336 e. The van der Waals surface area contributed by atoms with E-state index in [1.807, 2.05) is 0 Å². The zero-order valence-electron chi connectivity index (χ0n) is 11.4. The molecule has 7 nitrogen and oxygen atoms in total. The van der Waals surface area contributed by atoms with Crippen LogP contribution in [0, 0.1) is 0 Å². The smallest absolute Gasteiger partial charge is 0.336 e. The van der Waals surface area contributed by atoms with E-state index in [0.717, 1.165) is 12.2 Å². The number of ether oxygens (including phenoxy) is 2. The zero-order chi connectivity index (χ0) is 15.9. The van der Waals surface area contributed by atoms with E-state index in [0.29, 0.717) is 5.75 Å². The van der Waals surface area contributed by atoms with E-state index in [-0.39, 0.29) is 11.6 Å². The fourth-order valence-electron chi connectivity index (χ4n) is 1.45. The molecule has 0 aliphatic carbocycles. The van der Waals surface area contributed by atoms with Crippen LogP contribution >= 0.6 is 0 Å². The first-order valence-corrected chi connectivity index (χ1v) is 6.18. The van der Waals surface area contributed by atoms with Crippen molar-refractivity contribution in [3.05, 3.63) is 66.8 Å². The number of hydrogen-bond acceptors (Lipinski definition) is 6. The average Bonchev–Trinajstić information content (AvgIpc) is 2.49.